The topological polar surface area (TPSA) is 78.3 Å². The predicted molar refractivity (Wildman–Crippen MR) is 51.9 cm³/mol. The smallest absolute Gasteiger partial charge is 0.327 e. The van der Waals surface area contributed by atoms with Gasteiger partial charge in [-0.3, -0.25) is 4.79 Å². The molecule has 0 rings (SSSR count). The van der Waals surface area contributed by atoms with Crippen LogP contribution in [0.3, 0.4) is 0 Å². The lowest BCUT2D eigenvalue weighted by Gasteiger charge is -2.05. The minimum atomic E-state index is -0.744. The first kappa shape index (κ1) is 11.9. The Morgan fingerprint density at radius 2 is 2.15 bits per heavy atom. The zero-order chi connectivity index (χ0) is 10.3. The van der Waals surface area contributed by atoms with Crippen LogP contribution in [0.2, 0.25) is 0 Å². The predicted octanol–water partition coefficient (Wildman–Crippen LogP) is -0.0537. The second-order valence-corrected chi connectivity index (χ2v) is 2.69. The Morgan fingerprint density at radius 3 is 2.62 bits per heavy atom. The maximum Gasteiger partial charge on any atom is 0.327 e. The van der Waals surface area contributed by atoms with Crippen molar-refractivity contribution in [2.45, 2.75) is 19.0 Å². The zero-order valence-electron chi connectivity index (χ0n) is 7.77. The van der Waals surface area contributed by atoms with E-state index >= 15 is 0 Å². The number of hydrogen-bond acceptors (Lipinski definition) is 4. The summed E-state index contributed by atoms with van der Waals surface area (Å²) in [4.78, 5) is 11.0. The van der Waals surface area contributed by atoms with E-state index in [1.165, 1.54) is 12.2 Å². The van der Waals surface area contributed by atoms with Crippen molar-refractivity contribution in [1.29, 1.82) is 0 Å². The van der Waals surface area contributed by atoms with Gasteiger partial charge in [0.25, 0.3) is 0 Å². The van der Waals surface area contributed by atoms with Crippen LogP contribution in [-0.4, -0.2) is 24.7 Å². The van der Waals surface area contributed by atoms with Gasteiger partial charge in [-0.2, -0.15) is 0 Å². The minimum absolute atomic E-state index is 0.113. The van der Waals surface area contributed by atoms with Crippen LogP contribution in [0.25, 0.3) is 0 Å². The highest BCUT2D eigenvalue weighted by Gasteiger charge is 2.10. The number of ether oxygens (including phenoxy) is 1. The highest BCUT2D eigenvalue weighted by molar-refractivity contribution is 5.77. The molecule has 4 heteroatoms. The van der Waals surface area contributed by atoms with E-state index in [-0.39, 0.29) is 12.6 Å². The lowest BCUT2D eigenvalue weighted by Crippen LogP contribution is -2.30. The van der Waals surface area contributed by atoms with Crippen molar-refractivity contribution in [2.75, 3.05) is 6.61 Å². The molecule has 2 unspecified atom stereocenters. The third-order valence-corrected chi connectivity index (χ3v) is 1.24. The van der Waals surface area contributed by atoms with E-state index in [2.05, 4.69) is 6.58 Å². The van der Waals surface area contributed by atoms with Crippen molar-refractivity contribution in [2.24, 2.45) is 11.5 Å². The Hall–Kier alpha value is -1.13. The Kier molecular flexibility index (Phi) is 5.84. The average molecular weight is 184 g/mol. The monoisotopic (exact) mass is 184 g/mol. The summed E-state index contributed by atoms with van der Waals surface area (Å²) in [5.41, 5.74) is 10.9. The van der Waals surface area contributed by atoms with Gasteiger partial charge < -0.3 is 16.2 Å². The summed E-state index contributed by atoms with van der Waals surface area (Å²) in [5.74, 6) is -0.475. The molecular formula is C9H16N2O2. The van der Waals surface area contributed by atoms with Gasteiger partial charge in [0, 0.05) is 6.04 Å². The van der Waals surface area contributed by atoms with Gasteiger partial charge in [-0.25, -0.2) is 0 Å². The molecule has 4 N–H and O–H groups in total. The molecule has 0 radical (unpaired) electrons. The molecule has 0 fully saturated rings. The fourth-order valence-electron chi connectivity index (χ4n) is 0.611. The Bertz CT molecular complexity index is 200. The summed E-state index contributed by atoms with van der Waals surface area (Å²) in [6.45, 7) is 5.38. The standard InChI is InChI=1S/C9H16N2O2/c1-3-6-13-9(12)8(11)5-4-7(2)10/h3-5,7-8H,1,6,10-11H2,2H3/b5-4-. The van der Waals surface area contributed by atoms with Crippen LogP contribution in [0.15, 0.2) is 24.8 Å². The highest BCUT2D eigenvalue weighted by Crippen LogP contribution is 1.90. The molecule has 0 aromatic rings. The van der Waals surface area contributed by atoms with Crippen LogP contribution in [0.1, 0.15) is 6.92 Å². The van der Waals surface area contributed by atoms with E-state index in [9.17, 15) is 4.79 Å². The summed E-state index contributed by atoms with van der Waals surface area (Å²) < 4.78 is 4.71. The largest absolute Gasteiger partial charge is 0.460 e. The second-order valence-electron chi connectivity index (χ2n) is 2.69. The maximum absolute atomic E-state index is 11.0. The van der Waals surface area contributed by atoms with Crippen LogP contribution >= 0.6 is 0 Å². The van der Waals surface area contributed by atoms with Gasteiger partial charge in [-0.1, -0.05) is 24.8 Å². The minimum Gasteiger partial charge on any atom is -0.460 e. The van der Waals surface area contributed by atoms with Gasteiger partial charge in [0.15, 0.2) is 0 Å². The number of esters is 1. The van der Waals surface area contributed by atoms with Crippen molar-refractivity contribution in [3.63, 3.8) is 0 Å². The number of carbonyl (C=O) groups excluding carboxylic acids is 1. The number of hydrogen-bond donors (Lipinski definition) is 2. The Balaban J connectivity index is 3.88. The molecule has 13 heavy (non-hydrogen) atoms. The molecule has 0 aliphatic heterocycles. The third kappa shape index (κ3) is 6.07. The van der Waals surface area contributed by atoms with Crippen molar-refractivity contribution in [3.05, 3.63) is 24.8 Å². The van der Waals surface area contributed by atoms with E-state index in [1.807, 2.05) is 0 Å². The average Bonchev–Trinajstić information content (AvgIpc) is 2.10. The van der Waals surface area contributed by atoms with Gasteiger partial charge in [-0.15, -0.1) is 0 Å². The van der Waals surface area contributed by atoms with E-state index in [0.29, 0.717) is 0 Å². The first-order chi connectivity index (χ1) is 6.07. The van der Waals surface area contributed by atoms with E-state index < -0.39 is 12.0 Å². The normalized spacial score (nSPS) is 15.3. The number of rotatable bonds is 5. The molecule has 0 aliphatic rings. The SMILES string of the molecule is C=CCOC(=O)C(N)/C=C\C(C)N. The molecule has 0 amide bonds. The lowest BCUT2D eigenvalue weighted by molar-refractivity contribution is -0.142. The Labute approximate surface area is 78.2 Å². The Morgan fingerprint density at radius 1 is 1.54 bits per heavy atom. The summed E-state index contributed by atoms with van der Waals surface area (Å²) in [7, 11) is 0. The number of carbonyl (C=O) groups is 1. The molecule has 0 spiro atoms. The van der Waals surface area contributed by atoms with E-state index in [1.54, 1.807) is 13.0 Å². The van der Waals surface area contributed by atoms with Crippen LogP contribution in [0, 0.1) is 0 Å². The van der Waals surface area contributed by atoms with Crippen molar-refractivity contribution in [1.82, 2.24) is 0 Å². The van der Waals surface area contributed by atoms with E-state index in [0.717, 1.165) is 0 Å². The molecule has 0 aliphatic carbocycles. The van der Waals surface area contributed by atoms with Crippen molar-refractivity contribution < 1.29 is 9.53 Å². The first-order valence-corrected chi connectivity index (χ1v) is 4.05. The van der Waals surface area contributed by atoms with E-state index in [4.69, 9.17) is 16.2 Å². The van der Waals surface area contributed by atoms with Gasteiger partial charge in [0.2, 0.25) is 0 Å². The molecular weight excluding hydrogens is 168 g/mol. The molecule has 0 heterocycles. The van der Waals surface area contributed by atoms with Crippen LogP contribution < -0.4 is 11.5 Å². The van der Waals surface area contributed by atoms with Crippen molar-refractivity contribution in [3.8, 4) is 0 Å². The molecule has 0 saturated carbocycles. The molecule has 0 saturated heterocycles. The lowest BCUT2D eigenvalue weighted by atomic mass is 10.2. The van der Waals surface area contributed by atoms with Crippen LogP contribution in [-0.2, 0) is 9.53 Å². The third-order valence-electron chi connectivity index (χ3n) is 1.24. The molecule has 74 valence electrons. The zero-order valence-corrected chi connectivity index (χ0v) is 7.77. The van der Waals surface area contributed by atoms with Gasteiger partial charge in [-0.05, 0) is 6.92 Å². The summed E-state index contributed by atoms with van der Waals surface area (Å²) in [5, 5.41) is 0. The fraction of sp³-hybridized carbons (Fsp3) is 0.444. The number of nitrogens with two attached hydrogens (primary N) is 2. The summed E-state index contributed by atoms with van der Waals surface area (Å²) in [6, 6.07) is -0.857. The highest BCUT2D eigenvalue weighted by atomic mass is 16.5. The molecule has 4 nitrogen and oxygen atoms in total. The molecule has 0 aromatic carbocycles. The fourth-order valence-corrected chi connectivity index (χ4v) is 0.611. The molecule has 0 bridgehead atoms. The van der Waals surface area contributed by atoms with Crippen molar-refractivity contribution >= 4 is 5.97 Å². The first-order valence-electron chi connectivity index (χ1n) is 4.05. The summed E-state index contributed by atoms with van der Waals surface area (Å²) in [6.07, 6.45) is 4.66. The summed E-state index contributed by atoms with van der Waals surface area (Å²) >= 11 is 0. The van der Waals surface area contributed by atoms with Gasteiger partial charge in [0.1, 0.15) is 12.6 Å². The second kappa shape index (κ2) is 6.39. The quantitative estimate of drug-likeness (QED) is 0.463. The maximum atomic E-state index is 11.0. The van der Waals surface area contributed by atoms with Crippen LogP contribution in [0.5, 0.6) is 0 Å². The molecule has 2 atom stereocenters. The van der Waals surface area contributed by atoms with Crippen LogP contribution in [0.4, 0.5) is 0 Å². The molecule has 0 aromatic heterocycles. The van der Waals surface area contributed by atoms with Gasteiger partial charge in [0.05, 0.1) is 0 Å². The van der Waals surface area contributed by atoms with Gasteiger partial charge >= 0.3 is 5.97 Å².